The number of halogens is 1. The average Bonchev–Trinajstić information content (AvgIpc) is 2.68. The molecule has 0 bridgehead atoms. The Balaban J connectivity index is 1.94. The smallest absolute Gasteiger partial charge is 0.296 e. The maximum absolute atomic E-state index is 13.0. The Hall–Kier alpha value is -2.72. The number of amides is 1. The number of hydrogen-bond donors (Lipinski definition) is 2. The van der Waals surface area contributed by atoms with Gasteiger partial charge in [-0.2, -0.15) is 0 Å². The number of carbonyl (C=O) groups excluding carboxylic acids is 1. The Labute approximate surface area is 168 Å². The average molecular weight is 422 g/mol. The van der Waals surface area contributed by atoms with Crippen molar-refractivity contribution in [1.82, 2.24) is 19.2 Å². The van der Waals surface area contributed by atoms with Gasteiger partial charge in [0, 0.05) is 29.1 Å². The highest BCUT2D eigenvalue weighted by atomic mass is 32.2. The van der Waals surface area contributed by atoms with E-state index < -0.39 is 44.5 Å². The molecule has 2 atom stereocenters. The molecule has 10 heteroatoms. The summed E-state index contributed by atoms with van der Waals surface area (Å²) < 4.78 is 28.2. The van der Waals surface area contributed by atoms with Crippen LogP contribution in [0, 0.1) is 5.82 Å². The molecule has 1 aromatic carbocycles. The van der Waals surface area contributed by atoms with Crippen molar-refractivity contribution in [3.63, 3.8) is 0 Å². The lowest BCUT2D eigenvalue weighted by atomic mass is 10.1. The van der Waals surface area contributed by atoms with E-state index in [4.69, 9.17) is 0 Å². The van der Waals surface area contributed by atoms with Crippen LogP contribution in [-0.2, 0) is 22.8 Å². The van der Waals surface area contributed by atoms with Gasteiger partial charge in [-0.25, -0.2) is 13.7 Å². The summed E-state index contributed by atoms with van der Waals surface area (Å²) in [7, 11) is -0.939. The molecular weight excluding hydrogens is 399 g/mol. The zero-order chi connectivity index (χ0) is 21.3. The van der Waals surface area contributed by atoms with Crippen LogP contribution in [-0.4, -0.2) is 48.3 Å². The van der Waals surface area contributed by atoms with Gasteiger partial charge < -0.3 is 10.4 Å². The zero-order valence-electron chi connectivity index (χ0n) is 16.2. The molecule has 1 aliphatic heterocycles. The molecule has 0 radical (unpaired) electrons. The summed E-state index contributed by atoms with van der Waals surface area (Å²) >= 11 is 0. The third-order valence-electron chi connectivity index (χ3n) is 4.96. The molecule has 2 heterocycles. The second-order valence-corrected chi connectivity index (χ2v) is 9.59. The summed E-state index contributed by atoms with van der Waals surface area (Å²) in [5.74, 6) is 2.08. The Bertz CT molecular complexity index is 1100. The number of rotatable bonds is 5. The number of aromatic hydroxyl groups is 1. The molecule has 2 unspecified atom stereocenters. The number of aromatic nitrogens is 2. The molecule has 0 saturated heterocycles. The van der Waals surface area contributed by atoms with Crippen molar-refractivity contribution in [2.24, 2.45) is 0 Å². The number of nitrogens with zero attached hydrogens (tertiary/aromatic N) is 3. The highest BCUT2D eigenvalue weighted by Gasteiger charge is 2.32. The molecule has 1 aromatic heterocycles. The molecule has 0 fully saturated rings. The molecule has 156 valence electrons. The number of benzene rings is 1. The lowest BCUT2D eigenvalue weighted by Crippen LogP contribution is -2.40. The number of hydrogen-bond acceptors (Lipinski definition) is 5. The van der Waals surface area contributed by atoms with E-state index in [1.165, 1.54) is 35.1 Å². The van der Waals surface area contributed by atoms with Crippen molar-refractivity contribution in [2.75, 3.05) is 13.3 Å². The van der Waals surface area contributed by atoms with Crippen LogP contribution in [0.1, 0.15) is 40.8 Å². The van der Waals surface area contributed by atoms with Crippen molar-refractivity contribution >= 4 is 21.5 Å². The van der Waals surface area contributed by atoms with Crippen LogP contribution in [0.25, 0.3) is 0 Å². The van der Waals surface area contributed by atoms with Gasteiger partial charge in [0.25, 0.3) is 11.5 Å². The van der Waals surface area contributed by atoms with Crippen molar-refractivity contribution in [3.8, 4) is 5.75 Å². The first-order valence-corrected chi connectivity index (χ1v) is 11.1. The van der Waals surface area contributed by atoms with Crippen molar-refractivity contribution in [1.29, 1.82) is 0 Å². The van der Waals surface area contributed by atoms with Crippen molar-refractivity contribution < 1.29 is 18.5 Å². The van der Waals surface area contributed by atoms with Crippen molar-refractivity contribution in [2.45, 2.75) is 32.0 Å². The molecular formula is C19H23FN4O4S. The van der Waals surface area contributed by atoms with Crippen LogP contribution in [0.5, 0.6) is 5.75 Å². The topological polar surface area (TPSA) is 105 Å². The quantitative estimate of drug-likeness (QED) is 0.701. The third kappa shape index (κ3) is 4.33. The molecule has 29 heavy (non-hydrogen) atoms. The van der Waals surface area contributed by atoms with Gasteiger partial charge in [-0.15, -0.1) is 0 Å². The first kappa shape index (κ1) is 21.0. The standard InChI is InChI=1S/C19H23FN4O4S/c1-23(29(2,3)28)14-5-4-10-24-17(14)22-15(16(25)19(24)27)18(26)21-11-12-6-8-13(20)9-7-12/h6-9,14,25H,2,4-5,10-11H2,1,3H3,(H,21,26). The second kappa shape index (κ2) is 7.96. The van der Waals surface area contributed by atoms with Crippen LogP contribution in [0.3, 0.4) is 0 Å². The first-order valence-electron chi connectivity index (χ1n) is 9.01. The predicted molar refractivity (Wildman–Crippen MR) is 109 cm³/mol. The van der Waals surface area contributed by atoms with Gasteiger partial charge in [0.1, 0.15) is 11.6 Å². The monoisotopic (exact) mass is 422 g/mol. The molecule has 2 aromatic rings. The summed E-state index contributed by atoms with van der Waals surface area (Å²) in [4.78, 5) is 29.5. The lowest BCUT2D eigenvalue weighted by Gasteiger charge is -2.33. The lowest BCUT2D eigenvalue weighted by molar-refractivity contribution is 0.0940. The van der Waals surface area contributed by atoms with E-state index in [9.17, 15) is 23.3 Å². The van der Waals surface area contributed by atoms with E-state index in [-0.39, 0.29) is 12.4 Å². The fourth-order valence-corrected chi connectivity index (χ4v) is 3.98. The number of carbonyl (C=O) groups is 1. The van der Waals surface area contributed by atoms with Gasteiger partial charge in [-0.05, 0) is 43.5 Å². The van der Waals surface area contributed by atoms with Gasteiger partial charge in [0.2, 0.25) is 5.75 Å². The number of nitrogens with one attached hydrogen (secondary N) is 1. The minimum Gasteiger partial charge on any atom is -0.501 e. The molecule has 1 aliphatic rings. The molecule has 3 rings (SSSR count). The summed E-state index contributed by atoms with van der Waals surface area (Å²) in [5.41, 5.74) is -0.462. The Morgan fingerprint density at radius 1 is 1.45 bits per heavy atom. The summed E-state index contributed by atoms with van der Waals surface area (Å²) in [6.07, 6.45) is 2.71. The Kier molecular flexibility index (Phi) is 5.76. The molecule has 2 N–H and O–H groups in total. The number of fused-ring (bicyclic) bond motifs is 1. The fraction of sp³-hybridized carbons (Fsp3) is 0.368. The molecule has 0 spiro atoms. The van der Waals surface area contributed by atoms with E-state index in [2.05, 4.69) is 16.2 Å². The van der Waals surface area contributed by atoms with Crippen LogP contribution in [0.4, 0.5) is 4.39 Å². The van der Waals surface area contributed by atoms with E-state index in [0.29, 0.717) is 24.9 Å². The maximum atomic E-state index is 13.0. The SMILES string of the molecule is C=S(C)(=O)N(C)C1CCCn2c1nc(C(=O)NCc1ccc(F)cc1)c(O)c2=O. The van der Waals surface area contributed by atoms with Crippen LogP contribution in [0.15, 0.2) is 29.1 Å². The highest BCUT2D eigenvalue weighted by molar-refractivity contribution is 7.97. The van der Waals surface area contributed by atoms with E-state index in [1.807, 2.05) is 0 Å². The zero-order valence-corrected chi connectivity index (χ0v) is 17.0. The van der Waals surface area contributed by atoms with Crippen molar-refractivity contribution in [3.05, 3.63) is 57.5 Å². The fourth-order valence-electron chi connectivity index (χ4n) is 3.24. The van der Waals surface area contributed by atoms with E-state index in [0.717, 1.165) is 0 Å². The van der Waals surface area contributed by atoms with Gasteiger partial charge in [-0.1, -0.05) is 12.1 Å². The maximum Gasteiger partial charge on any atom is 0.296 e. The highest BCUT2D eigenvalue weighted by Crippen LogP contribution is 2.30. The van der Waals surface area contributed by atoms with Gasteiger partial charge in [0.15, 0.2) is 5.69 Å². The molecule has 1 amide bonds. The van der Waals surface area contributed by atoms with Gasteiger partial charge in [0.05, 0.1) is 6.04 Å². The Morgan fingerprint density at radius 3 is 2.72 bits per heavy atom. The summed E-state index contributed by atoms with van der Waals surface area (Å²) in [6.45, 7) is 0.419. The van der Waals surface area contributed by atoms with Crippen LogP contribution >= 0.6 is 0 Å². The predicted octanol–water partition coefficient (Wildman–Crippen LogP) is 1.05. The van der Waals surface area contributed by atoms with Crippen LogP contribution < -0.4 is 10.9 Å². The van der Waals surface area contributed by atoms with E-state index in [1.54, 1.807) is 11.4 Å². The Morgan fingerprint density at radius 2 is 2.10 bits per heavy atom. The first-order chi connectivity index (χ1) is 13.6. The second-order valence-electron chi connectivity index (χ2n) is 7.10. The minimum atomic E-state index is -2.57. The molecule has 0 aliphatic carbocycles. The molecule has 0 saturated carbocycles. The summed E-state index contributed by atoms with van der Waals surface area (Å²) in [6, 6.07) is 5.09. The van der Waals surface area contributed by atoms with Gasteiger partial charge >= 0.3 is 0 Å². The third-order valence-corrected chi connectivity index (χ3v) is 6.43. The van der Waals surface area contributed by atoms with Gasteiger partial charge in [-0.3, -0.25) is 18.4 Å². The minimum absolute atomic E-state index is 0.0731. The normalized spacial score (nSPS) is 18.1. The van der Waals surface area contributed by atoms with Crippen LogP contribution in [0.2, 0.25) is 0 Å². The molecule has 8 nitrogen and oxygen atoms in total. The summed E-state index contributed by atoms with van der Waals surface area (Å²) in [5, 5.41) is 12.8. The van der Waals surface area contributed by atoms with E-state index >= 15 is 0 Å². The largest absolute Gasteiger partial charge is 0.501 e.